The van der Waals surface area contributed by atoms with Crippen molar-refractivity contribution in [2.24, 2.45) is 11.8 Å². The fraction of sp³-hybridized carbons (Fsp3) is 1.00. The minimum atomic E-state index is -0.250. The van der Waals surface area contributed by atoms with Gasteiger partial charge in [0.1, 0.15) is 0 Å². The molecular weight excluding hydrogens is 179 g/mol. The molecule has 1 N–H and O–H groups in total. The molecule has 1 nitrogen and oxygen atoms in total. The van der Waals surface area contributed by atoms with E-state index in [-0.39, 0.29) is 9.76 Å². The van der Waals surface area contributed by atoms with Crippen LogP contribution in [-0.2, 0) is 0 Å². The van der Waals surface area contributed by atoms with Crippen molar-refractivity contribution >= 4 is 25.0 Å². The third-order valence-electron chi connectivity index (χ3n) is 1.28. The van der Waals surface area contributed by atoms with Gasteiger partial charge in [0, 0.05) is 0 Å². The van der Waals surface area contributed by atoms with Crippen LogP contribution in [0.3, 0.4) is 0 Å². The number of hydrogen-bond acceptors (Lipinski definition) is 1. The molecule has 0 aliphatic rings. The van der Waals surface area contributed by atoms with Crippen LogP contribution in [0.5, 0.6) is 0 Å². The number of rotatable bonds is 4. The standard InChI is InChI=1S/2C4H9.CH5OSi.Al/c2*1-4(2)3;1-3-2;/h2*4H,1H2,2-3H3;2-3H,1H3;. The fourth-order valence-corrected chi connectivity index (χ4v) is 2.29. The summed E-state index contributed by atoms with van der Waals surface area (Å²) in [5, 5.41) is 2.97. The SMILES string of the molecule is CC(C)[CH2][Al][CH2]C(C)C.C[SiH]O. The fourth-order valence-electron chi connectivity index (χ4n) is 0.763. The van der Waals surface area contributed by atoms with Gasteiger partial charge in [0.25, 0.3) is 0 Å². The van der Waals surface area contributed by atoms with E-state index in [0.29, 0.717) is 0 Å². The van der Waals surface area contributed by atoms with Crippen molar-refractivity contribution in [3.05, 3.63) is 0 Å². The minimum absolute atomic E-state index is 0.250. The highest BCUT2D eigenvalue weighted by atomic mass is 28.2. The normalized spacial score (nSPS) is 9.67. The molecule has 0 saturated carbocycles. The van der Waals surface area contributed by atoms with E-state index in [1.165, 1.54) is 10.6 Å². The van der Waals surface area contributed by atoms with Crippen LogP contribution in [0, 0.1) is 11.8 Å². The molecule has 0 aromatic carbocycles. The van der Waals surface area contributed by atoms with E-state index in [0.717, 1.165) is 27.1 Å². The third kappa shape index (κ3) is 22.4. The predicted molar refractivity (Wildman–Crippen MR) is 60.3 cm³/mol. The molecule has 3 heteroatoms. The van der Waals surface area contributed by atoms with Gasteiger partial charge in [0.05, 0.1) is 0 Å². The largest absolute Gasteiger partial charge is 0.435 e. The summed E-state index contributed by atoms with van der Waals surface area (Å²) in [6.07, 6.45) is 0. The number of hydrogen-bond donors (Lipinski definition) is 1. The van der Waals surface area contributed by atoms with Crippen LogP contribution in [-0.4, -0.2) is 29.8 Å². The van der Waals surface area contributed by atoms with Crippen LogP contribution in [0.2, 0.25) is 17.1 Å². The van der Waals surface area contributed by atoms with Crippen LogP contribution in [0.25, 0.3) is 0 Å². The van der Waals surface area contributed by atoms with Crippen molar-refractivity contribution in [3.63, 3.8) is 0 Å². The first kappa shape index (κ1) is 15.2. The van der Waals surface area contributed by atoms with Gasteiger partial charge in [-0.15, -0.1) is 10.6 Å². The molecule has 0 rings (SSSR count). The Labute approximate surface area is 86.6 Å². The van der Waals surface area contributed by atoms with Crippen LogP contribution in [0.1, 0.15) is 27.7 Å². The van der Waals surface area contributed by atoms with Crippen LogP contribution >= 0.6 is 0 Å². The lowest BCUT2D eigenvalue weighted by molar-refractivity contribution is 0.610. The topological polar surface area (TPSA) is 20.2 Å². The van der Waals surface area contributed by atoms with Crippen LogP contribution < -0.4 is 0 Å². The van der Waals surface area contributed by atoms with Crippen LogP contribution in [0.4, 0.5) is 0 Å². The molecule has 0 fully saturated rings. The lowest BCUT2D eigenvalue weighted by Crippen LogP contribution is -1.99. The molecule has 2 radical (unpaired) electrons. The highest BCUT2D eigenvalue weighted by molar-refractivity contribution is 6.35. The second kappa shape index (κ2) is 11.7. The second-order valence-electron chi connectivity index (χ2n) is 3.81. The predicted octanol–water partition coefficient (Wildman–Crippen LogP) is 2.22. The summed E-state index contributed by atoms with van der Waals surface area (Å²) < 4.78 is 0. The smallest absolute Gasteiger partial charge is 0.200 e. The summed E-state index contributed by atoms with van der Waals surface area (Å²) in [5.41, 5.74) is 0. The summed E-state index contributed by atoms with van der Waals surface area (Å²) in [6.45, 7) is 11.0. The maximum atomic E-state index is 7.65. The summed E-state index contributed by atoms with van der Waals surface area (Å²) in [7, 11) is -0.250. The Morgan fingerprint density at radius 1 is 1.08 bits per heavy atom. The average Bonchev–Trinajstić information content (AvgIpc) is 1.87. The van der Waals surface area contributed by atoms with Crippen molar-refractivity contribution in [2.75, 3.05) is 0 Å². The Morgan fingerprint density at radius 3 is 1.50 bits per heavy atom. The molecule has 0 amide bonds. The van der Waals surface area contributed by atoms with Gasteiger partial charge >= 0.3 is 0 Å². The van der Waals surface area contributed by atoms with Gasteiger partial charge in [-0.2, -0.15) is 0 Å². The summed E-state index contributed by atoms with van der Waals surface area (Å²) in [4.78, 5) is 7.65. The molecule has 0 heterocycles. The summed E-state index contributed by atoms with van der Waals surface area (Å²) in [5.74, 6) is 1.86. The van der Waals surface area contributed by atoms with Crippen molar-refractivity contribution in [3.8, 4) is 0 Å². The lowest BCUT2D eigenvalue weighted by Gasteiger charge is -2.03. The average molecular weight is 202 g/mol. The van der Waals surface area contributed by atoms with Crippen molar-refractivity contribution in [1.29, 1.82) is 0 Å². The Kier molecular flexibility index (Phi) is 14.8. The highest BCUT2D eigenvalue weighted by Gasteiger charge is 1.98. The third-order valence-corrected chi connectivity index (χ3v) is 3.83. The zero-order valence-electron chi connectivity index (χ0n) is 9.17. The summed E-state index contributed by atoms with van der Waals surface area (Å²) in [6, 6.07) is 0. The van der Waals surface area contributed by atoms with E-state index in [2.05, 4.69) is 27.7 Å². The molecule has 0 bridgehead atoms. The van der Waals surface area contributed by atoms with Crippen molar-refractivity contribution in [1.82, 2.24) is 0 Å². The Hall–Kier alpha value is 0.709. The highest BCUT2D eigenvalue weighted by Crippen LogP contribution is 2.05. The van der Waals surface area contributed by atoms with Crippen LogP contribution in [0.15, 0.2) is 0 Å². The van der Waals surface area contributed by atoms with E-state index in [4.69, 9.17) is 4.80 Å². The first-order valence-corrected chi connectivity index (χ1v) is 8.08. The zero-order chi connectivity index (χ0) is 9.98. The molecule has 0 saturated heterocycles. The van der Waals surface area contributed by atoms with Gasteiger partial charge < -0.3 is 4.80 Å². The lowest BCUT2D eigenvalue weighted by atomic mass is 10.3. The van der Waals surface area contributed by atoms with E-state index < -0.39 is 0 Å². The molecule has 0 aliphatic heterocycles. The second-order valence-corrected chi connectivity index (χ2v) is 5.84. The monoisotopic (exact) mass is 202 g/mol. The molecule has 0 aliphatic carbocycles. The Balaban J connectivity index is 0. The van der Waals surface area contributed by atoms with Crippen molar-refractivity contribution < 1.29 is 4.80 Å². The zero-order valence-corrected chi connectivity index (χ0v) is 11.5. The molecular formula is C9H23AlOSi. The van der Waals surface area contributed by atoms with E-state index in [1.54, 1.807) is 6.55 Å². The molecule has 0 spiro atoms. The van der Waals surface area contributed by atoms with E-state index in [9.17, 15) is 0 Å². The van der Waals surface area contributed by atoms with Gasteiger partial charge in [-0.05, 0) is 6.55 Å². The molecule has 0 aromatic rings. The minimum Gasteiger partial charge on any atom is -0.435 e. The van der Waals surface area contributed by atoms with E-state index >= 15 is 0 Å². The molecule has 0 unspecified atom stereocenters. The maximum Gasteiger partial charge on any atom is 0.200 e. The maximum absolute atomic E-state index is 7.65. The molecule has 0 aromatic heterocycles. The first-order chi connectivity index (χ1) is 5.54. The van der Waals surface area contributed by atoms with Gasteiger partial charge in [-0.25, -0.2) is 0 Å². The first-order valence-electron chi connectivity index (χ1n) is 4.78. The molecule has 12 heavy (non-hydrogen) atoms. The molecule has 72 valence electrons. The van der Waals surface area contributed by atoms with E-state index in [1.807, 2.05) is 0 Å². The quantitative estimate of drug-likeness (QED) is 0.693. The Morgan fingerprint density at radius 2 is 1.33 bits per heavy atom. The summed E-state index contributed by atoms with van der Waals surface area (Å²) >= 11 is 0.755. The van der Waals surface area contributed by atoms with Crippen molar-refractivity contribution in [2.45, 2.75) is 44.8 Å². The molecule has 0 atom stereocenters. The van der Waals surface area contributed by atoms with Gasteiger partial charge in [0.15, 0.2) is 9.76 Å². The van der Waals surface area contributed by atoms with Gasteiger partial charge in [-0.1, -0.05) is 39.5 Å². The van der Waals surface area contributed by atoms with Gasteiger partial charge in [-0.3, -0.25) is 0 Å². The Bertz CT molecular complexity index is 68.9. The van der Waals surface area contributed by atoms with Gasteiger partial charge in [0.2, 0.25) is 15.2 Å².